The zero-order valence-electron chi connectivity index (χ0n) is 14.1. The van der Waals surface area contributed by atoms with Crippen molar-refractivity contribution in [2.75, 3.05) is 6.61 Å². The van der Waals surface area contributed by atoms with Gasteiger partial charge >= 0.3 is 0 Å². The molecule has 2 fully saturated rings. The lowest BCUT2D eigenvalue weighted by atomic mass is 9.95. The van der Waals surface area contributed by atoms with Crippen LogP contribution in [-0.4, -0.2) is 33.2 Å². The normalized spacial score (nSPS) is 32.5. The number of nitrogens with one attached hydrogen (secondary N) is 1. The maximum absolute atomic E-state index is 12.5. The quantitative estimate of drug-likeness (QED) is 0.864. The second-order valence-electron chi connectivity index (χ2n) is 7.68. The van der Waals surface area contributed by atoms with Gasteiger partial charge in [0.05, 0.1) is 12.3 Å². The van der Waals surface area contributed by atoms with E-state index in [0.717, 1.165) is 36.7 Å². The summed E-state index contributed by atoms with van der Waals surface area (Å²) in [5.74, 6) is 3.57. The van der Waals surface area contributed by atoms with Crippen molar-refractivity contribution < 1.29 is 9.90 Å². The fourth-order valence-electron chi connectivity index (χ4n) is 4.69. The number of hydrogen-bond acceptors (Lipinski definition) is 3. The summed E-state index contributed by atoms with van der Waals surface area (Å²) >= 11 is 0. The number of aliphatic hydroxyl groups is 1. The highest BCUT2D eigenvalue weighted by atomic mass is 16.3. The van der Waals surface area contributed by atoms with Gasteiger partial charge in [-0.1, -0.05) is 6.92 Å². The van der Waals surface area contributed by atoms with E-state index in [1.807, 2.05) is 6.92 Å². The SMILES string of the molecule is Cc1nc2c(n1CCO)CCC(NC(=O)C1C(C)C1C1CC1)C2. The molecule has 0 aliphatic heterocycles. The Labute approximate surface area is 137 Å². The third-order valence-electron chi connectivity index (χ3n) is 6.10. The van der Waals surface area contributed by atoms with Crippen LogP contribution < -0.4 is 5.32 Å². The summed E-state index contributed by atoms with van der Waals surface area (Å²) in [6.07, 6.45) is 5.40. The van der Waals surface area contributed by atoms with E-state index >= 15 is 0 Å². The molecular formula is C18H27N3O2. The first-order valence-electron chi connectivity index (χ1n) is 9.06. The first-order valence-corrected chi connectivity index (χ1v) is 9.06. The predicted octanol–water partition coefficient (Wildman–Crippen LogP) is 1.45. The molecule has 4 unspecified atom stereocenters. The van der Waals surface area contributed by atoms with Gasteiger partial charge in [-0.2, -0.15) is 0 Å². The number of imidazole rings is 1. The molecule has 1 aromatic heterocycles. The second kappa shape index (κ2) is 5.62. The minimum atomic E-state index is 0.145. The van der Waals surface area contributed by atoms with Crippen LogP contribution in [0, 0.1) is 30.6 Å². The Kier molecular flexibility index (Phi) is 3.71. The van der Waals surface area contributed by atoms with Crippen LogP contribution in [0.2, 0.25) is 0 Å². The highest BCUT2D eigenvalue weighted by Crippen LogP contribution is 2.58. The Balaban J connectivity index is 1.39. The Bertz CT molecular complexity index is 620. The first-order chi connectivity index (χ1) is 11.1. The highest BCUT2D eigenvalue weighted by Gasteiger charge is 2.57. The van der Waals surface area contributed by atoms with E-state index in [0.29, 0.717) is 18.4 Å². The number of aromatic nitrogens is 2. The predicted molar refractivity (Wildman–Crippen MR) is 86.9 cm³/mol. The molecule has 2 saturated carbocycles. The molecule has 0 saturated heterocycles. The van der Waals surface area contributed by atoms with E-state index < -0.39 is 0 Å². The van der Waals surface area contributed by atoms with Gasteiger partial charge in [0.15, 0.2) is 0 Å². The van der Waals surface area contributed by atoms with Crippen LogP contribution >= 0.6 is 0 Å². The standard InChI is InChI=1S/C18H27N3O2/c1-10-16(12-3-4-12)17(10)18(23)20-13-5-6-15-14(9-13)19-11(2)21(15)7-8-22/h10,12-13,16-17,22H,3-9H2,1-2H3,(H,20,23). The van der Waals surface area contributed by atoms with Gasteiger partial charge in [-0.05, 0) is 50.4 Å². The van der Waals surface area contributed by atoms with E-state index in [1.54, 1.807) is 0 Å². The van der Waals surface area contributed by atoms with Gasteiger partial charge in [0.2, 0.25) is 5.91 Å². The molecule has 5 heteroatoms. The van der Waals surface area contributed by atoms with Gasteiger partial charge in [0.1, 0.15) is 5.82 Å². The Morgan fingerprint density at radius 2 is 2.17 bits per heavy atom. The number of rotatable bonds is 5. The summed E-state index contributed by atoms with van der Waals surface area (Å²) in [5.41, 5.74) is 2.35. The molecule has 0 spiro atoms. The molecule has 1 heterocycles. The maximum Gasteiger partial charge on any atom is 0.223 e. The van der Waals surface area contributed by atoms with Gasteiger partial charge in [0.25, 0.3) is 0 Å². The summed E-state index contributed by atoms with van der Waals surface area (Å²) in [5, 5.41) is 12.5. The van der Waals surface area contributed by atoms with Crippen LogP contribution in [0.4, 0.5) is 0 Å². The van der Waals surface area contributed by atoms with E-state index in [-0.39, 0.29) is 24.5 Å². The maximum atomic E-state index is 12.5. The number of fused-ring (bicyclic) bond motifs is 1. The van der Waals surface area contributed by atoms with E-state index in [9.17, 15) is 9.90 Å². The van der Waals surface area contributed by atoms with Gasteiger partial charge < -0.3 is 15.0 Å². The van der Waals surface area contributed by atoms with Crippen molar-refractivity contribution in [1.82, 2.24) is 14.9 Å². The Morgan fingerprint density at radius 3 is 2.87 bits per heavy atom. The molecule has 23 heavy (non-hydrogen) atoms. The number of aliphatic hydroxyl groups excluding tert-OH is 1. The molecule has 4 atom stereocenters. The third-order valence-corrected chi connectivity index (χ3v) is 6.10. The summed E-state index contributed by atoms with van der Waals surface area (Å²) in [6, 6.07) is 0.222. The minimum Gasteiger partial charge on any atom is -0.395 e. The lowest BCUT2D eigenvalue weighted by Crippen LogP contribution is -2.40. The summed E-state index contributed by atoms with van der Waals surface area (Å²) in [4.78, 5) is 17.2. The Hall–Kier alpha value is -1.36. The molecule has 1 aromatic rings. The molecule has 0 bridgehead atoms. The van der Waals surface area contributed by atoms with Crippen LogP contribution in [0.5, 0.6) is 0 Å². The van der Waals surface area contributed by atoms with Crippen molar-refractivity contribution in [2.24, 2.45) is 23.7 Å². The van der Waals surface area contributed by atoms with E-state index in [2.05, 4.69) is 21.8 Å². The number of aryl methyl sites for hydroxylation is 1. The number of nitrogens with zero attached hydrogens (tertiary/aromatic N) is 2. The number of amides is 1. The average molecular weight is 317 g/mol. The van der Waals surface area contributed by atoms with Crippen molar-refractivity contribution >= 4 is 5.91 Å². The lowest BCUT2D eigenvalue weighted by molar-refractivity contribution is -0.123. The molecule has 5 nitrogen and oxygen atoms in total. The molecule has 126 valence electrons. The molecular weight excluding hydrogens is 290 g/mol. The zero-order chi connectivity index (χ0) is 16.1. The zero-order valence-corrected chi connectivity index (χ0v) is 14.1. The molecule has 0 aromatic carbocycles. The van der Waals surface area contributed by atoms with Crippen molar-refractivity contribution in [3.05, 3.63) is 17.2 Å². The number of carbonyl (C=O) groups is 1. The van der Waals surface area contributed by atoms with E-state index in [1.165, 1.54) is 18.5 Å². The van der Waals surface area contributed by atoms with Crippen LogP contribution in [0.15, 0.2) is 0 Å². The minimum absolute atomic E-state index is 0.145. The molecule has 1 amide bonds. The molecule has 2 N–H and O–H groups in total. The monoisotopic (exact) mass is 317 g/mol. The molecule has 4 rings (SSSR count). The fraction of sp³-hybridized carbons (Fsp3) is 0.778. The molecule has 3 aliphatic rings. The summed E-state index contributed by atoms with van der Waals surface area (Å²) in [6.45, 7) is 4.99. The van der Waals surface area contributed by atoms with Crippen LogP contribution in [0.25, 0.3) is 0 Å². The van der Waals surface area contributed by atoms with Crippen molar-refractivity contribution in [2.45, 2.75) is 58.5 Å². The van der Waals surface area contributed by atoms with Crippen LogP contribution in [0.1, 0.15) is 43.4 Å². The van der Waals surface area contributed by atoms with Crippen LogP contribution in [0.3, 0.4) is 0 Å². The lowest BCUT2D eigenvalue weighted by Gasteiger charge is -2.24. The molecule has 3 aliphatic carbocycles. The average Bonchev–Trinajstić information content (AvgIpc) is 3.40. The van der Waals surface area contributed by atoms with Gasteiger partial charge in [-0.3, -0.25) is 4.79 Å². The molecule has 0 radical (unpaired) electrons. The summed E-state index contributed by atoms with van der Waals surface area (Å²) < 4.78 is 2.12. The van der Waals surface area contributed by atoms with Crippen molar-refractivity contribution in [3.8, 4) is 0 Å². The largest absolute Gasteiger partial charge is 0.395 e. The highest BCUT2D eigenvalue weighted by molar-refractivity contribution is 5.82. The second-order valence-corrected chi connectivity index (χ2v) is 7.68. The van der Waals surface area contributed by atoms with Crippen molar-refractivity contribution in [1.29, 1.82) is 0 Å². The first kappa shape index (κ1) is 15.2. The third kappa shape index (κ3) is 2.69. The number of hydrogen-bond donors (Lipinski definition) is 2. The topological polar surface area (TPSA) is 67.2 Å². The van der Waals surface area contributed by atoms with Crippen molar-refractivity contribution in [3.63, 3.8) is 0 Å². The van der Waals surface area contributed by atoms with Gasteiger partial charge in [-0.15, -0.1) is 0 Å². The van der Waals surface area contributed by atoms with Crippen LogP contribution in [-0.2, 0) is 24.2 Å². The fourth-order valence-corrected chi connectivity index (χ4v) is 4.69. The number of carbonyl (C=O) groups excluding carboxylic acids is 1. The smallest absolute Gasteiger partial charge is 0.223 e. The van der Waals surface area contributed by atoms with Gasteiger partial charge in [0, 0.05) is 30.6 Å². The summed E-state index contributed by atoms with van der Waals surface area (Å²) in [7, 11) is 0. The van der Waals surface area contributed by atoms with Gasteiger partial charge in [-0.25, -0.2) is 4.98 Å². The van der Waals surface area contributed by atoms with E-state index in [4.69, 9.17) is 0 Å². The Morgan fingerprint density at radius 1 is 1.39 bits per heavy atom.